The molecule has 5 heteroatoms. The molecule has 0 saturated carbocycles. The second-order valence-electron chi connectivity index (χ2n) is 7.75. The average Bonchev–Trinajstić information content (AvgIpc) is 3.02. The maximum absolute atomic E-state index is 13.7. The van der Waals surface area contributed by atoms with Crippen LogP contribution >= 0.6 is 0 Å². The van der Waals surface area contributed by atoms with Crippen molar-refractivity contribution in [2.75, 3.05) is 18.6 Å². The van der Waals surface area contributed by atoms with E-state index in [0.717, 1.165) is 22.3 Å². The minimum Gasteiger partial charge on any atom is -0.491 e. The highest BCUT2D eigenvalue weighted by Crippen LogP contribution is 2.40. The van der Waals surface area contributed by atoms with Crippen molar-refractivity contribution < 1.29 is 19.4 Å². The van der Waals surface area contributed by atoms with Gasteiger partial charge in [0, 0.05) is 19.0 Å². The Bertz CT molecular complexity index is 1240. The van der Waals surface area contributed by atoms with Gasteiger partial charge in [0.15, 0.2) is 0 Å². The molecule has 0 saturated heterocycles. The normalized spacial score (nSPS) is 10.7. The van der Waals surface area contributed by atoms with Crippen LogP contribution in [0.3, 0.4) is 0 Å². The fourth-order valence-corrected chi connectivity index (χ4v) is 3.90. The molecule has 0 aromatic heterocycles. The summed E-state index contributed by atoms with van der Waals surface area (Å²) in [4.78, 5) is 26.0. The number of carboxylic acids is 1. The van der Waals surface area contributed by atoms with Crippen molar-refractivity contribution in [3.8, 4) is 28.0 Å². The molecule has 1 N–H and O–H groups in total. The maximum Gasteiger partial charge on any atom is 0.303 e. The van der Waals surface area contributed by atoms with Crippen LogP contribution < -0.4 is 9.64 Å². The van der Waals surface area contributed by atoms with Crippen LogP contribution in [0.15, 0.2) is 91.0 Å². The molecule has 0 bridgehead atoms. The Labute approximate surface area is 193 Å². The fraction of sp³-hybridized carbons (Fsp3) is 0.143. The van der Waals surface area contributed by atoms with E-state index in [-0.39, 0.29) is 18.9 Å². The van der Waals surface area contributed by atoms with E-state index in [1.54, 1.807) is 18.0 Å². The van der Waals surface area contributed by atoms with Crippen molar-refractivity contribution in [3.63, 3.8) is 0 Å². The number of amides is 1. The number of benzene rings is 2. The lowest BCUT2D eigenvalue weighted by Crippen LogP contribution is -2.26. The average molecular weight is 440 g/mol. The molecular weight excluding hydrogens is 414 g/mol. The molecule has 4 rings (SSSR count). The Kier molecular flexibility index (Phi) is 6.69. The molecule has 0 radical (unpaired) electrons. The Morgan fingerprint density at radius 2 is 1.45 bits per heavy atom. The highest BCUT2D eigenvalue weighted by Gasteiger charge is 2.25. The zero-order chi connectivity index (χ0) is 23.2. The summed E-state index contributed by atoms with van der Waals surface area (Å²) in [6.07, 6.45) is 0.432. The monoisotopic (exact) mass is 439 g/mol. The Morgan fingerprint density at radius 3 is 2.18 bits per heavy atom. The van der Waals surface area contributed by atoms with Gasteiger partial charge in [-0.1, -0.05) is 72.8 Å². The number of nitrogens with zero attached hydrogens (tertiary/aromatic N) is 1. The summed E-state index contributed by atoms with van der Waals surface area (Å²) in [5.41, 5.74) is 5.21. The summed E-state index contributed by atoms with van der Waals surface area (Å²) in [7, 11) is 1.73. The predicted molar refractivity (Wildman–Crippen MR) is 130 cm³/mol. The van der Waals surface area contributed by atoms with E-state index in [1.165, 1.54) is 0 Å². The summed E-state index contributed by atoms with van der Waals surface area (Å²) < 4.78 is 5.81. The van der Waals surface area contributed by atoms with Gasteiger partial charge in [-0.15, -0.1) is 0 Å². The van der Waals surface area contributed by atoms with Crippen molar-refractivity contribution in [3.05, 3.63) is 96.6 Å². The molecule has 0 aliphatic heterocycles. The van der Waals surface area contributed by atoms with Crippen molar-refractivity contribution >= 4 is 17.6 Å². The summed E-state index contributed by atoms with van der Waals surface area (Å²) in [6, 6.07) is 29.2. The largest absolute Gasteiger partial charge is 0.491 e. The molecule has 0 spiro atoms. The third-order valence-electron chi connectivity index (χ3n) is 5.55. The van der Waals surface area contributed by atoms with Crippen LogP contribution in [0.2, 0.25) is 0 Å². The van der Waals surface area contributed by atoms with Crippen LogP contribution in [0.25, 0.3) is 22.3 Å². The third kappa shape index (κ3) is 4.88. The van der Waals surface area contributed by atoms with Crippen molar-refractivity contribution in [2.24, 2.45) is 0 Å². The molecule has 5 nitrogen and oxygen atoms in total. The van der Waals surface area contributed by atoms with Crippen LogP contribution in [0.1, 0.15) is 23.2 Å². The topological polar surface area (TPSA) is 66.8 Å². The van der Waals surface area contributed by atoms with E-state index >= 15 is 0 Å². The Morgan fingerprint density at radius 1 is 0.818 bits per heavy atom. The number of ether oxygens (including phenoxy) is 1. The van der Waals surface area contributed by atoms with E-state index in [0.29, 0.717) is 23.4 Å². The smallest absolute Gasteiger partial charge is 0.303 e. The van der Waals surface area contributed by atoms with Crippen LogP contribution in [0.4, 0.5) is 5.69 Å². The van der Waals surface area contributed by atoms with Gasteiger partial charge >= 0.3 is 5.97 Å². The first-order valence-corrected chi connectivity index (χ1v) is 10.8. The quantitative estimate of drug-likeness (QED) is 0.343. The van der Waals surface area contributed by atoms with Gasteiger partial charge in [-0.3, -0.25) is 9.59 Å². The number of rotatable bonds is 8. The second-order valence-corrected chi connectivity index (χ2v) is 7.75. The minimum atomic E-state index is -0.857. The lowest BCUT2D eigenvalue weighted by Gasteiger charge is -2.21. The van der Waals surface area contributed by atoms with Crippen LogP contribution in [-0.2, 0) is 4.79 Å². The first-order valence-electron chi connectivity index (χ1n) is 10.8. The summed E-state index contributed by atoms with van der Waals surface area (Å²) in [5, 5.41) is 8.83. The Hall–Kier alpha value is -4.12. The second kappa shape index (κ2) is 10.0. The fourth-order valence-electron chi connectivity index (χ4n) is 3.90. The highest BCUT2D eigenvalue weighted by molar-refractivity contribution is 6.13. The summed E-state index contributed by atoms with van der Waals surface area (Å²) >= 11 is 0. The molecule has 0 atom stereocenters. The van der Waals surface area contributed by atoms with Gasteiger partial charge in [0.2, 0.25) is 0 Å². The Balaban J connectivity index is 1.67. The first kappa shape index (κ1) is 22.1. The third-order valence-corrected chi connectivity index (χ3v) is 5.55. The van der Waals surface area contributed by atoms with E-state index in [9.17, 15) is 9.59 Å². The highest BCUT2D eigenvalue weighted by atomic mass is 16.5. The van der Waals surface area contributed by atoms with E-state index in [2.05, 4.69) is 0 Å². The molecule has 2 aromatic carbocycles. The molecule has 0 heterocycles. The molecular formula is C28H25NO4. The molecule has 0 unspecified atom stereocenters. The lowest BCUT2D eigenvalue weighted by atomic mass is 10.0. The van der Waals surface area contributed by atoms with Crippen molar-refractivity contribution in [2.45, 2.75) is 12.8 Å². The van der Waals surface area contributed by atoms with Gasteiger partial charge in [0.25, 0.3) is 5.91 Å². The molecule has 166 valence electrons. The summed E-state index contributed by atoms with van der Waals surface area (Å²) in [5.74, 6) is -0.456. The van der Waals surface area contributed by atoms with Gasteiger partial charge in [-0.25, -0.2) is 0 Å². The maximum atomic E-state index is 13.7. The minimum absolute atomic E-state index is 0.0374. The van der Waals surface area contributed by atoms with E-state index in [4.69, 9.17) is 9.84 Å². The predicted octanol–water partition coefficient (Wildman–Crippen LogP) is 5.98. The van der Waals surface area contributed by atoms with Gasteiger partial charge < -0.3 is 14.7 Å². The SMILES string of the molecule is CN(C(=O)c1cc(-c2ccccc2)c2cccccc1-2)c1ccccc1OCCCC(=O)O. The van der Waals surface area contributed by atoms with Crippen molar-refractivity contribution in [1.29, 1.82) is 0 Å². The number of anilines is 1. The number of para-hydroxylation sites is 2. The van der Waals surface area contributed by atoms with Gasteiger partial charge in [-0.05, 0) is 46.9 Å². The summed E-state index contributed by atoms with van der Waals surface area (Å²) in [6.45, 7) is 0.263. The number of fused-ring (bicyclic) bond motifs is 1. The zero-order valence-electron chi connectivity index (χ0n) is 18.4. The molecule has 0 fully saturated rings. The van der Waals surface area contributed by atoms with Crippen LogP contribution in [-0.4, -0.2) is 30.6 Å². The van der Waals surface area contributed by atoms with Gasteiger partial charge in [-0.2, -0.15) is 0 Å². The van der Waals surface area contributed by atoms with E-state index < -0.39 is 5.97 Å². The van der Waals surface area contributed by atoms with Crippen LogP contribution in [0, 0.1) is 0 Å². The molecule has 33 heavy (non-hydrogen) atoms. The molecule has 2 aromatic rings. The number of aliphatic carboxylic acids is 1. The van der Waals surface area contributed by atoms with E-state index in [1.807, 2.05) is 84.9 Å². The van der Waals surface area contributed by atoms with Crippen molar-refractivity contribution in [1.82, 2.24) is 0 Å². The number of carbonyl (C=O) groups is 2. The van der Waals surface area contributed by atoms with Crippen LogP contribution in [0.5, 0.6) is 5.75 Å². The number of carbonyl (C=O) groups excluding carboxylic acids is 1. The standard InChI is InChI=1S/C28H25NO4/c1-29(25-15-8-9-16-26(25)33-18-10-17-27(30)31)28(32)24-19-23(20-11-4-2-5-12-20)21-13-6-3-7-14-22(21)24/h2-9,11-16,19H,10,17-18H2,1H3,(H,30,31). The first-order chi connectivity index (χ1) is 16.1. The zero-order valence-corrected chi connectivity index (χ0v) is 18.4. The van der Waals surface area contributed by atoms with Gasteiger partial charge in [0.05, 0.1) is 12.3 Å². The number of hydrogen-bond donors (Lipinski definition) is 1. The number of carboxylic acid groups (broad SMARTS) is 1. The lowest BCUT2D eigenvalue weighted by molar-refractivity contribution is -0.137. The molecule has 2 aliphatic rings. The molecule has 1 amide bonds. The number of hydrogen-bond acceptors (Lipinski definition) is 3. The van der Waals surface area contributed by atoms with Gasteiger partial charge in [0.1, 0.15) is 5.75 Å². The molecule has 2 aliphatic carbocycles.